The van der Waals surface area contributed by atoms with E-state index >= 15 is 0 Å². The number of amides is 2. The van der Waals surface area contributed by atoms with Gasteiger partial charge in [-0.3, -0.25) is 4.90 Å². The molecule has 0 saturated carbocycles. The highest BCUT2D eigenvalue weighted by Crippen LogP contribution is 2.19. The zero-order valence-corrected chi connectivity index (χ0v) is 11.7. The lowest BCUT2D eigenvalue weighted by molar-refractivity contribution is 0.247. The lowest BCUT2D eigenvalue weighted by Crippen LogP contribution is -2.36. The molecular formula is C15H14ClFN2O. The molecule has 0 radical (unpaired) electrons. The SMILES string of the molecule is CN(C(=O)NCc1cccc(F)c1Cl)c1ccccc1. The van der Waals surface area contributed by atoms with Crippen molar-refractivity contribution in [1.82, 2.24) is 5.32 Å². The molecule has 3 nitrogen and oxygen atoms in total. The number of urea groups is 1. The lowest BCUT2D eigenvalue weighted by atomic mass is 10.2. The molecule has 0 aromatic heterocycles. The van der Waals surface area contributed by atoms with Crippen LogP contribution in [0, 0.1) is 5.82 Å². The minimum atomic E-state index is -0.491. The van der Waals surface area contributed by atoms with E-state index in [9.17, 15) is 9.18 Å². The normalized spacial score (nSPS) is 10.2. The van der Waals surface area contributed by atoms with Crippen molar-refractivity contribution in [2.24, 2.45) is 0 Å². The highest BCUT2D eigenvalue weighted by Gasteiger charge is 2.11. The van der Waals surface area contributed by atoms with Gasteiger partial charge in [0, 0.05) is 19.3 Å². The highest BCUT2D eigenvalue weighted by atomic mass is 35.5. The molecule has 0 spiro atoms. The monoisotopic (exact) mass is 292 g/mol. The molecule has 5 heteroatoms. The molecule has 2 rings (SSSR count). The van der Waals surface area contributed by atoms with Crippen LogP contribution >= 0.6 is 11.6 Å². The molecular weight excluding hydrogens is 279 g/mol. The molecule has 0 aliphatic rings. The van der Waals surface area contributed by atoms with Crippen LogP contribution in [0.25, 0.3) is 0 Å². The van der Waals surface area contributed by atoms with Crippen LogP contribution in [-0.4, -0.2) is 13.1 Å². The molecule has 104 valence electrons. The van der Waals surface area contributed by atoms with E-state index in [1.54, 1.807) is 19.2 Å². The topological polar surface area (TPSA) is 32.3 Å². The summed E-state index contributed by atoms with van der Waals surface area (Å²) in [5.41, 5.74) is 1.32. The van der Waals surface area contributed by atoms with E-state index in [1.165, 1.54) is 11.0 Å². The first-order valence-electron chi connectivity index (χ1n) is 6.09. The van der Waals surface area contributed by atoms with Gasteiger partial charge in [0.25, 0.3) is 0 Å². The summed E-state index contributed by atoms with van der Waals surface area (Å²) in [5.74, 6) is -0.491. The minimum absolute atomic E-state index is 0.0372. The number of carbonyl (C=O) groups is 1. The second-order valence-electron chi connectivity index (χ2n) is 4.27. The lowest BCUT2D eigenvalue weighted by Gasteiger charge is -2.18. The number of halogens is 2. The highest BCUT2D eigenvalue weighted by molar-refractivity contribution is 6.31. The van der Waals surface area contributed by atoms with Gasteiger partial charge in [0.2, 0.25) is 0 Å². The van der Waals surface area contributed by atoms with E-state index in [0.29, 0.717) is 5.56 Å². The summed E-state index contributed by atoms with van der Waals surface area (Å²) < 4.78 is 13.3. The minimum Gasteiger partial charge on any atom is -0.334 e. The van der Waals surface area contributed by atoms with Gasteiger partial charge in [-0.2, -0.15) is 0 Å². The zero-order valence-electron chi connectivity index (χ0n) is 10.9. The Morgan fingerprint density at radius 3 is 2.60 bits per heavy atom. The van der Waals surface area contributed by atoms with Crippen LogP contribution in [0.3, 0.4) is 0 Å². The molecule has 1 N–H and O–H groups in total. The predicted octanol–water partition coefficient (Wildman–Crippen LogP) is 3.83. The molecule has 0 unspecified atom stereocenters. The average Bonchev–Trinajstić information content (AvgIpc) is 2.48. The third-order valence-corrected chi connectivity index (χ3v) is 3.33. The van der Waals surface area contributed by atoms with Crippen molar-refractivity contribution in [2.45, 2.75) is 6.54 Å². The van der Waals surface area contributed by atoms with Crippen molar-refractivity contribution in [3.8, 4) is 0 Å². The number of carbonyl (C=O) groups excluding carboxylic acids is 1. The van der Waals surface area contributed by atoms with Gasteiger partial charge in [-0.05, 0) is 23.8 Å². The maximum Gasteiger partial charge on any atom is 0.321 e. The molecule has 20 heavy (non-hydrogen) atoms. The Bertz CT molecular complexity index is 604. The Balaban J connectivity index is 2.00. The smallest absolute Gasteiger partial charge is 0.321 e. The second kappa shape index (κ2) is 6.39. The summed E-state index contributed by atoms with van der Waals surface area (Å²) >= 11 is 5.83. The number of nitrogens with one attached hydrogen (secondary N) is 1. The zero-order chi connectivity index (χ0) is 14.5. The van der Waals surface area contributed by atoms with E-state index in [0.717, 1.165) is 5.69 Å². The van der Waals surface area contributed by atoms with Gasteiger partial charge in [-0.1, -0.05) is 41.9 Å². The van der Waals surface area contributed by atoms with Crippen molar-refractivity contribution >= 4 is 23.3 Å². The second-order valence-corrected chi connectivity index (χ2v) is 4.64. The summed E-state index contributed by atoms with van der Waals surface area (Å²) in [7, 11) is 1.66. The quantitative estimate of drug-likeness (QED) is 0.916. The number of benzene rings is 2. The van der Waals surface area contributed by atoms with E-state index < -0.39 is 5.82 Å². The Kier molecular flexibility index (Phi) is 4.58. The van der Waals surface area contributed by atoms with Crippen LogP contribution in [0.4, 0.5) is 14.9 Å². The number of nitrogens with zero attached hydrogens (tertiary/aromatic N) is 1. The van der Waals surface area contributed by atoms with E-state index in [2.05, 4.69) is 5.32 Å². The Morgan fingerprint density at radius 2 is 1.90 bits per heavy atom. The van der Waals surface area contributed by atoms with E-state index in [1.807, 2.05) is 30.3 Å². The van der Waals surface area contributed by atoms with Gasteiger partial charge in [-0.25, -0.2) is 9.18 Å². The Hall–Kier alpha value is -2.07. The molecule has 0 saturated heterocycles. The molecule has 0 fully saturated rings. The number of rotatable bonds is 3. The number of para-hydroxylation sites is 1. The maximum atomic E-state index is 13.3. The van der Waals surface area contributed by atoms with Crippen LogP contribution in [0.15, 0.2) is 48.5 Å². The fourth-order valence-corrected chi connectivity index (χ4v) is 1.94. The number of anilines is 1. The van der Waals surface area contributed by atoms with E-state index in [4.69, 9.17) is 11.6 Å². The molecule has 0 aliphatic heterocycles. The van der Waals surface area contributed by atoms with Crippen LogP contribution < -0.4 is 10.2 Å². The summed E-state index contributed by atoms with van der Waals surface area (Å²) in [4.78, 5) is 13.5. The molecule has 2 aromatic carbocycles. The Labute approximate surface area is 122 Å². The van der Waals surface area contributed by atoms with Gasteiger partial charge in [0.1, 0.15) is 5.82 Å². The van der Waals surface area contributed by atoms with Gasteiger partial charge in [0.05, 0.1) is 5.02 Å². The third-order valence-electron chi connectivity index (χ3n) is 2.91. The van der Waals surface area contributed by atoms with Crippen molar-refractivity contribution in [3.63, 3.8) is 0 Å². The van der Waals surface area contributed by atoms with Gasteiger partial charge in [-0.15, -0.1) is 0 Å². The standard InChI is InChI=1S/C15H14ClFN2O/c1-19(12-7-3-2-4-8-12)15(20)18-10-11-6-5-9-13(17)14(11)16/h2-9H,10H2,1H3,(H,18,20). The maximum absolute atomic E-state index is 13.3. The first kappa shape index (κ1) is 14.3. The van der Waals surface area contributed by atoms with Crippen LogP contribution in [0.2, 0.25) is 5.02 Å². The van der Waals surface area contributed by atoms with Crippen LogP contribution in [0.1, 0.15) is 5.56 Å². The Morgan fingerprint density at radius 1 is 1.20 bits per heavy atom. The predicted molar refractivity (Wildman–Crippen MR) is 78.5 cm³/mol. The molecule has 2 amide bonds. The third kappa shape index (κ3) is 3.27. The van der Waals surface area contributed by atoms with Crippen LogP contribution in [0.5, 0.6) is 0 Å². The molecule has 0 atom stereocenters. The van der Waals surface area contributed by atoms with Gasteiger partial charge < -0.3 is 5.32 Å². The van der Waals surface area contributed by atoms with Gasteiger partial charge in [0.15, 0.2) is 0 Å². The van der Waals surface area contributed by atoms with Gasteiger partial charge >= 0.3 is 6.03 Å². The van der Waals surface area contributed by atoms with Crippen LogP contribution in [-0.2, 0) is 6.54 Å². The molecule has 0 aliphatic carbocycles. The first-order valence-corrected chi connectivity index (χ1v) is 6.47. The summed E-state index contributed by atoms with van der Waals surface area (Å²) in [6, 6.07) is 13.5. The largest absolute Gasteiger partial charge is 0.334 e. The summed E-state index contributed by atoms with van der Waals surface area (Å²) in [5, 5.41) is 2.74. The average molecular weight is 293 g/mol. The first-order chi connectivity index (χ1) is 9.59. The molecule has 2 aromatic rings. The summed E-state index contributed by atoms with van der Waals surface area (Å²) in [6.07, 6.45) is 0. The number of hydrogen-bond acceptors (Lipinski definition) is 1. The molecule has 0 heterocycles. The van der Waals surface area contributed by atoms with E-state index in [-0.39, 0.29) is 17.6 Å². The fourth-order valence-electron chi connectivity index (χ4n) is 1.74. The summed E-state index contributed by atoms with van der Waals surface area (Å²) in [6.45, 7) is 0.173. The van der Waals surface area contributed by atoms with Crippen molar-refractivity contribution in [3.05, 3.63) is 64.9 Å². The van der Waals surface area contributed by atoms with Crippen molar-refractivity contribution in [1.29, 1.82) is 0 Å². The fraction of sp³-hybridized carbons (Fsp3) is 0.133. The molecule has 0 bridgehead atoms. The van der Waals surface area contributed by atoms with Crippen molar-refractivity contribution < 1.29 is 9.18 Å². The van der Waals surface area contributed by atoms with Crippen molar-refractivity contribution in [2.75, 3.05) is 11.9 Å². The number of hydrogen-bond donors (Lipinski definition) is 1.